The van der Waals surface area contributed by atoms with Crippen LogP contribution in [0.2, 0.25) is 0 Å². The molecule has 0 spiro atoms. The molecule has 1 heterocycles. The minimum atomic E-state index is -1.46. The summed E-state index contributed by atoms with van der Waals surface area (Å²) in [6, 6.07) is 29.0. The van der Waals surface area contributed by atoms with Crippen LogP contribution in [0.5, 0.6) is 0 Å². The van der Waals surface area contributed by atoms with Crippen molar-refractivity contribution in [2.75, 3.05) is 0 Å². The van der Waals surface area contributed by atoms with Crippen molar-refractivity contribution in [1.82, 2.24) is 9.55 Å². The highest BCUT2D eigenvalue weighted by Gasteiger charge is 2.34. The highest BCUT2D eigenvalue weighted by molar-refractivity contribution is 7.85. The fourth-order valence-electron chi connectivity index (χ4n) is 3.85. The van der Waals surface area contributed by atoms with Crippen LogP contribution in [-0.4, -0.2) is 19.5 Å². The Morgan fingerprint density at radius 3 is 1.97 bits per heavy atom. The van der Waals surface area contributed by atoms with Crippen LogP contribution in [-0.2, 0) is 17.8 Å². The van der Waals surface area contributed by atoms with Crippen LogP contribution in [0, 0.1) is 0 Å². The average Bonchev–Trinajstić information content (AvgIpc) is 3.26. The van der Waals surface area contributed by atoms with E-state index in [2.05, 4.69) is 4.98 Å². The van der Waals surface area contributed by atoms with Gasteiger partial charge < -0.3 is 4.57 Å². The molecular formula is C26H24N2O2S. The van der Waals surface area contributed by atoms with E-state index in [1.54, 1.807) is 17.0 Å². The van der Waals surface area contributed by atoms with Gasteiger partial charge in [0, 0.05) is 37.3 Å². The molecule has 31 heavy (non-hydrogen) atoms. The molecule has 0 aliphatic rings. The number of aryl methyl sites for hydroxylation is 1. The van der Waals surface area contributed by atoms with E-state index in [1.165, 1.54) is 0 Å². The van der Waals surface area contributed by atoms with E-state index in [-0.39, 0.29) is 18.1 Å². The van der Waals surface area contributed by atoms with Crippen molar-refractivity contribution in [3.8, 4) is 0 Å². The van der Waals surface area contributed by atoms with Crippen LogP contribution in [0.25, 0.3) is 0 Å². The number of imidazole rings is 1. The first kappa shape index (κ1) is 20.9. The maximum atomic E-state index is 13.9. The van der Waals surface area contributed by atoms with Gasteiger partial charge in [-0.1, -0.05) is 91.0 Å². The molecule has 0 aliphatic carbocycles. The van der Waals surface area contributed by atoms with Gasteiger partial charge in [0.05, 0.1) is 16.0 Å². The predicted molar refractivity (Wildman–Crippen MR) is 123 cm³/mol. The molecule has 0 radical (unpaired) electrons. The zero-order valence-electron chi connectivity index (χ0n) is 17.3. The average molecular weight is 429 g/mol. The van der Waals surface area contributed by atoms with E-state index in [0.29, 0.717) is 10.7 Å². The summed E-state index contributed by atoms with van der Waals surface area (Å²) in [5.74, 6) is -0.235. The molecular weight excluding hydrogens is 404 g/mol. The van der Waals surface area contributed by atoms with Gasteiger partial charge in [-0.2, -0.15) is 0 Å². The first-order valence-electron chi connectivity index (χ1n) is 10.2. The zero-order chi connectivity index (χ0) is 21.6. The van der Waals surface area contributed by atoms with E-state index in [9.17, 15) is 9.00 Å². The molecule has 0 amide bonds. The number of nitrogens with zero attached hydrogens (tertiary/aromatic N) is 2. The fourth-order valence-corrected chi connectivity index (χ4v) is 5.54. The van der Waals surface area contributed by atoms with Crippen molar-refractivity contribution in [2.45, 2.75) is 22.7 Å². The monoisotopic (exact) mass is 428 g/mol. The molecule has 4 nitrogen and oxygen atoms in total. The van der Waals surface area contributed by atoms with Crippen LogP contribution in [0.4, 0.5) is 0 Å². The highest BCUT2D eigenvalue weighted by Crippen LogP contribution is 2.40. The number of carbonyl (C=O) groups is 1. The lowest BCUT2D eigenvalue weighted by Gasteiger charge is -2.27. The molecule has 0 saturated heterocycles. The van der Waals surface area contributed by atoms with Gasteiger partial charge >= 0.3 is 0 Å². The second-order valence-corrected chi connectivity index (χ2v) is 8.93. The van der Waals surface area contributed by atoms with E-state index in [4.69, 9.17) is 0 Å². The third-order valence-corrected chi connectivity index (χ3v) is 7.23. The second kappa shape index (κ2) is 9.67. The number of Topliss-reactive ketones (excluding diaryl/α,β-unsaturated/α-hetero) is 1. The second-order valence-electron chi connectivity index (χ2n) is 7.46. The van der Waals surface area contributed by atoms with E-state index >= 15 is 0 Å². The Morgan fingerprint density at radius 2 is 1.42 bits per heavy atom. The van der Waals surface area contributed by atoms with Crippen LogP contribution in [0.1, 0.15) is 39.1 Å². The third kappa shape index (κ3) is 4.72. The lowest BCUT2D eigenvalue weighted by molar-refractivity contribution is 0.0973. The number of aromatic nitrogens is 2. The van der Waals surface area contributed by atoms with E-state index < -0.39 is 16.0 Å². The van der Waals surface area contributed by atoms with Gasteiger partial charge in [0.2, 0.25) is 0 Å². The number of ketones is 1. The Morgan fingerprint density at radius 1 is 0.871 bits per heavy atom. The van der Waals surface area contributed by atoms with Gasteiger partial charge in [-0.25, -0.2) is 4.98 Å². The molecule has 156 valence electrons. The molecule has 1 unspecified atom stereocenters. The van der Waals surface area contributed by atoms with Crippen molar-refractivity contribution in [2.24, 2.45) is 7.05 Å². The Labute approximate surface area is 185 Å². The standard InChI is InChI=1S/C26H24N2O2S/c1-28-18-17-27-26(28)31(30)25(22-15-9-4-10-16-22)23(20-11-5-2-6-12-20)19-24(29)21-13-7-3-8-14-21/h2-18,23,25H,19H2,1H3/t23-,25+,31?/m1/s1. The molecule has 3 atom stereocenters. The van der Waals surface area contributed by atoms with Crippen LogP contribution in [0.15, 0.2) is 109 Å². The summed E-state index contributed by atoms with van der Waals surface area (Å²) in [5.41, 5.74) is 2.58. The number of benzene rings is 3. The molecule has 3 aromatic carbocycles. The maximum Gasteiger partial charge on any atom is 0.199 e. The summed E-state index contributed by atoms with van der Waals surface area (Å²) in [5, 5.41) is 0.0827. The lowest BCUT2D eigenvalue weighted by atomic mass is 9.86. The molecule has 0 N–H and O–H groups in total. The Bertz CT molecular complexity index is 1160. The van der Waals surface area contributed by atoms with Crippen LogP contribution in [0.3, 0.4) is 0 Å². The first-order valence-corrected chi connectivity index (χ1v) is 11.4. The molecule has 5 heteroatoms. The summed E-state index contributed by atoms with van der Waals surface area (Å²) in [7, 11) is 0.386. The minimum Gasteiger partial charge on any atom is -0.327 e. The smallest absolute Gasteiger partial charge is 0.199 e. The Balaban J connectivity index is 1.81. The molecule has 1 aromatic heterocycles. The minimum absolute atomic E-state index is 0.0345. The Hall–Kier alpha value is -3.31. The van der Waals surface area contributed by atoms with E-state index in [1.807, 2.05) is 98.0 Å². The lowest BCUT2D eigenvalue weighted by Crippen LogP contribution is -2.21. The normalized spacial score (nSPS) is 14.0. The molecule has 4 rings (SSSR count). The van der Waals surface area contributed by atoms with Crippen LogP contribution >= 0.6 is 0 Å². The Kier molecular flexibility index (Phi) is 6.53. The van der Waals surface area contributed by atoms with Crippen LogP contribution < -0.4 is 0 Å². The first-order chi connectivity index (χ1) is 15.1. The van der Waals surface area contributed by atoms with Gasteiger partial charge in [-0.15, -0.1) is 0 Å². The summed E-state index contributed by atoms with van der Waals surface area (Å²) in [4.78, 5) is 17.6. The van der Waals surface area contributed by atoms with Crippen molar-refractivity contribution in [1.29, 1.82) is 0 Å². The molecule has 0 fully saturated rings. The molecule has 0 aliphatic heterocycles. The predicted octanol–water partition coefficient (Wildman–Crippen LogP) is 5.33. The van der Waals surface area contributed by atoms with Crippen molar-refractivity contribution < 1.29 is 9.00 Å². The number of rotatable bonds is 8. The highest BCUT2D eigenvalue weighted by atomic mass is 32.2. The molecule has 0 saturated carbocycles. The summed E-state index contributed by atoms with van der Waals surface area (Å²) >= 11 is 0. The third-order valence-electron chi connectivity index (χ3n) is 5.41. The summed E-state index contributed by atoms with van der Waals surface area (Å²) in [6.45, 7) is 0. The van der Waals surface area contributed by atoms with Crippen molar-refractivity contribution in [3.63, 3.8) is 0 Å². The summed E-state index contributed by atoms with van der Waals surface area (Å²) < 4.78 is 15.7. The maximum absolute atomic E-state index is 13.9. The topological polar surface area (TPSA) is 52.0 Å². The molecule has 0 bridgehead atoms. The quantitative estimate of drug-likeness (QED) is 0.357. The zero-order valence-corrected chi connectivity index (χ0v) is 18.1. The number of hydrogen-bond acceptors (Lipinski definition) is 3. The molecule has 4 aromatic rings. The largest absolute Gasteiger partial charge is 0.327 e. The number of carbonyl (C=O) groups excluding carboxylic acids is 1. The van der Waals surface area contributed by atoms with E-state index in [0.717, 1.165) is 11.1 Å². The van der Waals surface area contributed by atoms with Crippen molar-refractivity contribution in [3.05, 3.63) is 120 Å². The van der Waals surface area contributed by atoms with Gasteiger partial charge in [-0.05, 0) is 11.1 Å². The number of hydrogen-bond donors (Lipinski definition) is 0. The van der Waals surface area contributed by atoms with Gasteiger partial charge in [-0.3, -0.25) is 9.00 Å². The van der Waals surface area contributed by atoms with Gasteiger partial charge in [0.15, 0.2) is 10.9 Å². The van der Waals surface area contributed by atoms with Gasteiger partial charge in [0.25, 0.3) is 0 Å². The fraction of sp³-hybridized carbons (Fsp3) is 0.154. The summed E-state index contributed by atoms with van der Waals surface area (Å²) in [6.07, 6.45) is 3.70. The van der Waals surface area contributed by atoms with Crippen molar-refractivity contribution >= 4 is 16.6 Å². The SMILES string of the molecule is Cn1ccnc1S(=O)[C@@H](c1ccccc1)[C@H](CC(=O)c1ccccc1)c1ccccc1. The van der Waals surface area contributed by atoms with Gasteiger partial charge in [0.1, 0.15) is 0 Å².